The Morgan fingerprint density at radius 3 is 2.07 bits per heavy atom. The minimum absolute atomic E-state index is 0.0444. The van der Waals surface area contributed by atoms with E-state index in [9.17, 15) is 37.1 Å². The molecule has 1 unspecified atom stereocenters. The number of urea groups is 1. The van der Waals surface area contributed by atoms with Crippen molar-refractivity contribution in [1.82, 2.24) is 21.3 Å². The summed E-state index contributed by atoms with van der Waals surface area (Å²) in [5.41, 5.74) is 2.73. The maximum absolute atomic E-state index is 12.6. The molecule has 1 atom stereocenters. The van der Waals surface area contributed by atoms with E-state index in [2.05, 4.69) is 26.0 Å². The smallest absolute Gasteiger partial charge is 0.386 e. The first-order chi connectivity index (χ1) is 20.9. The number of halogens is 4. The summed E-state index contributed by atoms with van der Waals surface area (Å²) in [5, 5.41) is 10.4. The number of alkyl halides is 3. The lowest BCUT2D eigenvalue weighted by atomic mass is 9.99. The van der Waals surface area contributed by atoms with E-state index >= 15 is 0 Å². The number of hydrogen-bond donors (Lipinski definition) is 4. The minimum atomic E-state index is -5.37. The fraction of sp³-hybridized carbons (Fsp3) is 0.233. The van der Waals surface area contributed by atoms with Crippen molar-refractivity contribution in [2.24, 2.45) is 0 Å². The van der Waals surface area contributed by atoms with Gasteiger partial charge in [-0.25, -0.2) is 9.59 Å². The number of hydrogen-bond acceptors (Lipinski definition) is 6. The molecule has 10 nitrogen and oxygen atoms in total. The van der Waals surface area contributed by atoms with Crippen LogP contribution in [0.2, 0.25) is 5.02 Å². The monoisotopic (exact) mass is 632 g/mol. The van der Waals surface area contributed by atoms with Crippen LogP contribution in [-0.2, 0) is 30.5 Å². The van der Waals surface area contributed by atoms with E-state index in [1.807, 2.05) is 30.3 Å². The Morgan fingerprint density at radius 2 is 1.41 bits per heavy atom. The second kappa shape index (κ2) is 16.1. The molecular weight excluding hydrogens is 605 g/mol. The molecule has 0 heterocycles. The zero-order valence-electron chi connectivity index (χ0n) is 23.1. The molecule has 0 bridgehead atoms. The van der Waals surface area contributed by atoms with Crippen LogP contribution in [0.4, 0.5) is 18.0 Å². The van der Waals surface area contributed by atoms with Crippen LogP contribution in [0.15, 0.2) is 78.9 Å². The molecule has 0 fully saturated rings. The first kappa shape index (κ1) is 33.6. The van der Waals surface area contributed by atoms with Gasteiger partial charge in [0.25, 0.3) is 0 Å². The van der Waals surface area contributed by atoms with Crippen LogP contribution in [0, 0.1) is 0 Å². The molecule has 0 saturated heterocycles. The predicted molar refractivity (Wildman–Crippen MR) is 154 cm³/mol. The van der Waals surface area contributed by atoms with Crippen LogP contribution >= 0.6 is 11.6 Å². The second-order valence-corrected chi connectivity index (χ2v) is 9.71. The quantitative estimate of drug-likeness (QED) is 0.174. The van der Waals surface area contributed by atoms with Gasteiger partial charge >= 0.3 is 24.1 Å². The van der Waals surface area contributed by atoms with Gasteiger partial charge in [0.1, 0.15) is 0 Å². The molecule has 4 amide bonds. The van der Waals surface area contributed by atoms with Crippen LogP contribution in [0.5, 0.6) is 0 Å². The molecule has 0 saturated carbocycles. The lowest BCUT2D eigenvalue weighted by molar-refractivity contribution is -0.202. The largest absolute Gasteiger partial charge is 0.491 e. The highest BCUT2D eigenvalue weighted by molar-refractivity contribution is 6.31. The Bertz CT molecular complexity index is 1470. The molecule has 14 heteroatoms. The molecule has 3 rings (SSSR count). The molecular formula is C30H28ClF3N4O6. The van der Waals surface area contributed by atoms with Crippen molar-refractivity contribution in [2.75, 3.05) is 13.1 Å². The molecule has 0 aliphatic heterocycles. The highest BCUT2D eigenvalue weighted by atomic mass is 35.5. The van der Waals surface area contributed by atoms with Crippen LogP contribution in [0.3, 0.4) is 0 Å². The predicted octanol–water partition coefficient (Wildman–Crippen LogP) is 4.19. The topological polar surface area (TPSA) is 143 Å². The number of carbonyl (C=O) groups is 5. The third-order valence-electron chi connectivity index (χ3n) is 6.05. The molecule has 3 aromatic carbocycles. The van der Waals surface area contributed by atoms with E-state index in [-0.39, 0.29) is 19.5 Å². The van der Waals surface area contributed by atoms with Crippen molar-refractivity contribution in [3.8, 4) is 11.1 Å². The molecule has 0 aliphatic rings. The molecule has 0 spiro atoms. The number of rotatable bonds is 12. The molecule has 4 N–H and O–H groups in total. The van der Waals surface area contributed by atoms with Crippen molar-refractivity contribution in [2.45, 2.75) is 31.6 Å². The first-order valence-corrected chi connectivity index (χ1v) is 13.6. The maximum atomic E-state index is 12.6. The SMILES string of the molecule is O=C(CCNC(=O)NCc1ccccc1Cl)NCC(=O)NC(CC(=O)OC(=O)C(F)(F)F)c1ccc(-c2ccccc2)cc1. The van der Waals surface area contributed by atoms with E-state index in [0.717, 1.165) is 11.1 Å². The van der Waals surface area contributed by atoms with Gasteiger partial charge < -0.3 is 26.0 Å². The number of carbonyl (C=O) groups excluding carboxylic acids is 5. The summed E-state index contributed by atoms with van der Waals surface area (Å²) in [6, 6.07) is 21.0. The molecule has 44 heavy (non-hydrogen) atoms. The van der Waals surface area contributed by atoms with Crippen molar-refractivity contribution in [3.05, 3.63) is 95.0 Å². The first-order valence-electron chi connectivity index (χ1n) is 13.2. The number of amides is 4. The van der Waals surface area contributed by atoms with E-state index in [1.54, 1.807) is 48.5 Å². The van der Waals surface area contributed by atoms with Gasteiger partial charge in [-0.2, -0.15) is 13.2 Å². The Morgan fingerprint density at radius 1 is 0.773 bits per heavy atom. The lowest BCUT2D eigenvalue weighted by Gasteiger charge is -2.19. The Labute approximate surface area is 255 Å². The summed E-state index contributed by atoms with van der Waals surface area (Å²) in [6.07, 6.45) is -6.33. The molecule has 232 valence electrons. The Kier molecular flexibility index (Phi) is 12.3. The number of benzene rings is 3. The summed E-state index contributed by atoms with van der Waals surface area (Å²) >= 11 is 6.04. The van der Waals surface area contributed by atoms with Gasteiger partial charge in [-0.1, -0.05) is 84.4 Å². The fourth-order valence-corrected chi connectivity index (χ4v) is 4.04. The van der Waals surface area contributed by atoms with Gasteiger partial charge in [0, 0.05) is 24.5 Å². The minimum Gasteiger partial charge on any atom is -0.386 e. The molecule has 0 radical (unpaired) electrons. The van der Waals surface area contributed by atoms with Crippen molar-refractivity contribution < 1.29 is 41.9 Å². The van der Waals surface area contributed by atoms with Gasteiger partial charge in [0.05, 0.1) is 19.0 Å². The lowest BCUT2D eigenvalue weighted by Crippen LogP contribution is -2.41. The van der Waals surface area contributed by atoms with Crippen LogP contribution in [-0.4, -0.2) is 49.0 Å². The third kappa shape index (κ3) is 11.1. The van der Waals surface area contributed by atoms with Gasteiger partial charge in [0.15, 0.2) is 0 Å². The van der Waals surface area contributed by atoms with Crippen molar-refractivity contribution >= 4 is 41.4 Å². The summed E-state index contributed by atoms with van der Waals surface area (Å²) in [5.74, 6) is -5.53. The summed E-state index contributed by atoms with van der Waals surface area (Å²) in [7, 11) is 0. The van der Waals surface area contributed by atoms with Gasteiger partial charge in [0.2, 0.25) is 11.8 Å². The molecule has 0 aromatic heterocycles. The Balaban J connectivity index is 1.52. The molecule has 0 aliphatic carbocycles. The zero-order chi connectivity index (χ0) is 32.1. The van der Waals surface area contributed by atoms with Crippen molar-refractivity contribution in [1.29, 1.82) is 0 Å². The fourth-order valence-electron chi connectivity index (χ4n) is 3.84. The van der Waals surface area contributed by atoms with Crippen LogP contribution in [0.25, 0.3) is 11.1 Å². The number of esters is 2. The van der Waals surface area contributed by atoms with E-state index in [1.165, 1.54) is 0 Å². The average Bonchev–Trinajstić information content (AvgIpc) is 2.99. The van der Waals surface area contributed by atoms with Gasteiger partial charge in [-0.15, -0.1) is 0 Å². The number of ether oxygens (including phenoxy) is 1. The van der Waals surface area contributed by atoms with Gasteiger partial charge in [-0.3, -0.25) is 14.4 Å². The summed E-state index contributed by atoms with van der Waals surface area (Å²) in [4.78, 5) is 60.0. The summed E-state index contributed by atoms with van der Waals surface area (Å²) < 4.78 is 41.5. The maximum Gasteiger partial charge on any atom is 0.491 e. The van der Waals surface area contributed by atoms with Crippen LogP contribution < -0.4 is 21.3 Å². The summed E-state index contributed by atoms with van der Waals surface area (Å²) in [6.45, 7) is -0.407. The van der Waals surface area contributed by atoms with E-state index < -0.39 is 55.0 Å². The normalized spacial score (nSPS) is 11.5. The van der Waals surface area contributed by atoms with E-state index in [4.69, 9.17) is 11.6 Å². The van der Waals surface area contributed by atoms with Gasteiger partial charge in [-0.05, 0) is 28.3 Å². The second-order valence-electron chi connectivity index (χ2n) is 9.30. The third-order valence-corrected chi connectivity index (χ3v) is 6.41. The average molecular weight is 633 g/mol. The Hall–Kier alpha value is -4.91. The standard InChI is InChI=1S/C30H28ClF3N4O6/c31-23-9-5-4-8-22(23)17-37-29(43)35-15-14-25(39)36-18-26(40)38-24(16-27(41)44-28(42)30(32,33)34)21-12-10-20(11-13-21)19-6-2-1-3-7-19/h1-13,24H,14-18H2,(H,36,39)(H,38,40)(H2,35,37,43). The highest BCUT2D eigenvalue weighted by Crippen LogP contribution is 2.24. The van der Waals surface area contributed by atoms with E-state index in [0.29, 0.717) is 16.1 Å². The van der Waals surface area contributed by atoms with Crippen LogP contribution in [0.1, 0.15) is 30.0 Å². The number of nitrogens with one attached hydrogen (secondary N) is 4. The molecule has 3 aromatic rings. The highest BCUT2D eigenvalue weighted by Gasteiger charge is 2.42. The van der Waals surface area contributed by atoms with Crippen molar-refractivity contribution in [3.63, 3.8) is 0 Å². The zero-order valence-corrected chi connectivity index (χ0v) is 23.8.